The van der Waals surface area contributed by atoms with E-state index in [0.29, 0.717) is 5.92 Å². The molecule has 0 saturated carbocycles. The van der Waals surface area contributed by atoms with Crippen LogP contribution < -0.4 is 10.6 Å². The standard InChI is InChI=1S/C12H26N2O2/c1-9(2)10(7-8-13-6)14-11(15)16-12(3,4)5/h9-10,13H,7-8H2,1-6H3,(H,14,15). The van der Waals surface area contributed by atoms with Crippen molar-refractivity contribution in [2.45, 2.75) is 52.7 Å². The second kappa shape index (κ2) is 6.74. The van der Waals surface area contributed by atoms with E-state index in [1.165, 1.54) is 0 Å². The van der Waals surface area contributed by atoms with Crippen molar-refractivity contribution < 1.29 is 9.53 Å². The van der Waals surface area contributed by atoms with E-state index in [1.807, 2.05) is 27.8 Å². The molecule has 0 aromatic heterocycles. The van der Waals surface area contributed by atoms with E-state index in [4.69, 9.17) is 4.74 Å². The quantitative estimate of drug-likeness (QED) is 0.761. The van der Waals surface area contributed by atoms with Crippen LogP contribution in [0.25, 0.3) is 0 Å². The highest BCUT2D eigenvalue weighted by Gasteiger charge is 2.20. The van der Waals surface area contributed by atoms with Gasteiger partial charge in [-0.25, -0.2) is 4.79 Å². The number of rotatable bonds is 5. The highest BCUT2D eigenvalue weighted by Crippen LogP contribution is 2.10. The molecule has 0 aliphatic heterocycles. The maximum atomic E-state index is 11.6. The molecule has 16 heavy (non-hydrogen) atoms. The predicted octanol–water partition coefficient (Wildman–Crippen LogP) is 2.15. The second-order valence-electron chi connectivity index (χ2n) is 5.39. The fraction of sp³-hybridized carbons (Fsp3) is 0.917. The van der Waals surface area contributed by atoms with Gasteiger partial charge in [0.05, 0.1) is 0 Å². The first-order valence-corrected chi connectivity index (χ1v) is 5.90. The molecule has 0 aliphatic carbocycles. The number of carbonyl (C=O) groups excluding carboxylic acids is 1. The van der Waals surface area contributed by atoms with Crippen LogP contribution in [0.15, 0.2) is 0 Å². The Hall–Kier alpha value is -0.770. The Bertz CT molecular complexity index is 210. The summed E-state index contributed by atoms with van der Waals surface area (Å²) < 4.78 is 5.23. The average Bonchev–Trinajstić information content (AvgIpc) is 2.08. The third-order valence-electron chi connectivity index (χ3n) is 2.21. The van der Waals surface area contributed by atoms with Gasteiger partial charge in [0.15, 0.2) is 0 Å². The Morgan fingerprint density at radius 3 is 2.25 bits per heavy atom. The van der Waals surface area contributed by atoms with Crippen molar-refractivity contribution in [2.24, 2.45) is 5.92 Å². The summed E-state index contributed by atoms with van der Waals surface area (Å²) in [7, 11) is 1.91. The van der Waals surface area contributed by atoms with Crippen molar-refractivity contribution in [1.29, 1.82) is 0 Å². The SMILES string of the molecule is CNCCC(NC(=O)OC(C)(C)C)C(C)C. The molecule has 2 N–H and O–H groups in total. The van der Waals surface area contributed by atoms with E-state index in [-0.39, 0.29) is 12.1 Å². The molecule has 0 radical (unpaired) electrons. The molecule has 4 heteroatoms. The number of hydrogen-bond acceptors (Lipinski definition) is 3. The first kappa shape index (κ1) is 15.2. The van der Waals surface area contributed by atoms with Crippen molar-refractivity contribution in [3.63, 3.8) is 0 Å². The summed E-state index contributed by atoms with van der Waals surface area (Å²) in [6, 6.07) is 0.155. The van der Waals surface area contributed by atoms with Gasteiger partial charge in [-0.05, 0) is 46.7 Å². The lowest BCUT2D eigenvalue weighted by atomic mass is 10.0. The van der Waals surface area contributed by atoms with Crippen LogP contribution in [0.5, 0.6) is 0 Å². The first-order valence-electron chi connectivity index (χ1n) is 5.90. The van der Waals surface area contributed by atoms with Gasteiger partial charge in [-0.2, -0.15) is 0 Å². The smallest absolute Gasteiger partial charge is 0.407 e. The van der Waals surface area contributed by atoms with Gasteiger partial charge in [-0.3, -0.25) is 0 Å². The highest BCUT2D eigenvalue weighted by molar-refractivity contribution is 5.68. The van der Waals surface area contributed by atoms with Crippen molar-refractivity contribution in [3.05, 3.63) is 0 Å². The van der Waals surface area contributed by atoms with E-state index >= 15 is 0 Å². The summed E-state index contributed by atoms with van der Waals surface area (Å²) in [6.07, 6.45) is 0.579. The Kier molecular flexibility index (Phi) is 6.41. The van der Waals surface area contributed by atoms with Crippen molar-refractivity contribution in [3.8, 4) is 0 Å². The van der Waals surface area contributed by atoms with Gasteiger partial charge in [0.25, 0.3) is 0 Å². The molecule has 1 amide bonds. The minimum Gasteiger partial charge on any atom is -0.444 e. The van der Waals surface area contributed by atoms with E-state index in [1.54, 1.807) is 0 Å². The fourth-order valence-corrected chi connectivity index (χ4v) is 1.33. The lowest BCUT2D eigenvalue weighted by molar-refractivity contribution is 0.0487. The maximum absolute atomic E-state index is 11.6. The maximum Gasteiger partial charge on any atom is 0.407 e. The minimum atomic E-state index is -0.436. The topological polar surface area (TPSA) is 50.4 Å². The lowest BCUT2D eigenvalue weighted by Crippen LogP contribution is -2.42. The summed E-state index contributed by atoms with van der Waals surface area (Å²) in [6.45, 7) is 10.7. The van der Waals surface area contributed by atoms with E-state index in [0.717, 1.165) is 13.0 Å². The molecule has 0 bridgehead atoms. The zero-order chi connectivity index (χ0) is 12.8. The fourth-order valence-electron chi connectivity index (χ4n) is 1.33. The van der Waals surface area contributed by atoms with E-state index in [9.17, 15) is 4.79 Å². The molecule has 1 unspecified atom stereocenters. The van der Waals surface area contributed by atoms with Crippen molar-refractivity contribution >= 4 is 6.09 Å². The summed E-state index contributed by atoms with van der Waals surface area (Å²) in [5.41, 5.74) is -0.436. The Labute approximate surface area is 99.1 Å². The average molecular weight is 230 g/mol. The predicted molar refractivity (Wildman–Crippen MR) is 66.5 cm³/mol. The van der Waals surface area contributed by atoms with E-state index in [2.05, 4.69) is 24.5 Å². The Balaban J connectivity index is 4.13. The van der Waals surface area contributed by atoms with Crippen LogP contribution in [0.1, 0.15) is 41.0 Å². The third kappa shape index (κ3) is 7.51. The first-order chi connectivity index (χ1) is 7.26. The number of carbonyl (C=O) groups is 1. The van der Waals surface area contributed by atoms with Gasteiger partial charge in [-0.15, -0.1) is 0 Å². The molecular weight excluding hydrogens is 204 g/mol. The number of amides is 1. The van der Waals surface area contributed by atoms with Crippen LogP contribution in [0.3, 0.4) is 0 Å². The van der Waals surface area contributed by atoms with Crippen LogP contribution in [-0.2, 0) is 4.74 Å². The molecular formula is C12H26N2O2. The van der Waals surface area contributed by atoms with Gasteiger partial charge in [0.1, 0.15) is 5.60 Å². The Morgan fingerprint density at radius 1 is 1.31 bits per heavy atom. The summed E-state index contributed by atoms with van der Waals surface area (Å²) in [5, 5.41) is 5.99. The largest absolute Gasteiger partial charge is 0.444 e. The molecule has 0 fully saturated rings. The number of alkyl carbamates (subject to hydrolysis) is 1. The van der Waals surface area contributed by atoms with Crippen LogP contribution in [0.2, 0.25) is 0 Å². The van der Waals surface area contributed by atoms with Gasteiger partial charge < -0.3 is 15.4 Å². The monoisotopic (exact) mass is 230 g/mol. The molecule has 4 nitrogen and oxygen atoms in total. The number of nitrogens with one attached hydrogen (secondary N) is 2. The molecule has 0 aromatic rings. The van der Waals surface area contributed by atoms with Gasteiger partial charge in [0.2, 0.25) is 0 Å². The normalized spacial score (nSPS) is 13.7. The van der Waals surface area contributed by atoms with Crippen LogP contribution in [0, 0.1) is 5.92 Å². The molecule has 0 aromatic carbocycles. The molecule has 0 rings (SSSR count). The highest BCUT2D eigenvalue weighted by atomic mass is 16.6. The molecule has 1 atom stereocenters. The zero-order valence-corrected chi connectivity index (χ0v) is 11.4. The van der Waals surface area contributed by atoms with Crippen molar-refractivity contribution in [1.82, 2.24) is 10.6 Å². The van der Waals surface area contributed by atoms with Gasteiger partial charge in [0, 0.05) is 6.04 Å². The van der Waals surface area contributed by atoms with E-state index < -0.39 is 5.60 Å². The molecule has 0 saturated heterocycles. The summed E-state index contributed by atoms with van der Waals surface area (Å²) in [4.78, 5) is 11.6. The summed E-state index contributed by atoms with van der Waals surface area (Å²) >= 11 is 0. The number of ether oxygens (including phenoxy) is 1. The van der Waals surface area contributed by atoms with Gasteiger partial charge in [-0.1, -0.05) is 13.8 Å². The van der Waals surface area contributed by atoms with Crippen LogP contribution >= 0.6 is 0 Å². The Morgan fingerprint density at radius 2 is 1.88 bits per heavy atom. The van der Waals surface area contributed by atoms with Crippen molar-refractivity contribution in [2.75, 3.05) is 13.6 Å². The van der Waals surface area contributed by atoms with Crippen LogP contribution in [0.4, 0.5) is 4.79 Å². The second-order valence-corrected chi connectivity index (χ2v) is 5.39. The molecule has 0 spiro atoms. The molecule has 0 heterocycles. The van der Waals surface area contributed by atoms with Gasteiger partial charge >= 0.3 is 6.09 Å². The number of hydrogen-bond donors (Lipinski definition) is 2. The third-order valence-corrected chi connectivity index (χ3v) is 2.21. The van der Waals surface area contributed by atoms with Crippen LogP contribution in [-0.4, -0.2) is 31.3 Å². The molecule has 96 valence electrons. The lowest BCUT2D eigenvalue weighted by Gasteiger charge is -2.25. The zero-order valence-electron chi connectivity index (χ0n) is 11.4. The summed E-state index contributed by atoms with van der Waals surface area (Å²) in [5.74, 6) is 0.404. The minimum absolute atomic E-state index is 0.155. The molecule has 0 aliphatic rings.